The molecule has 2 aliphatic carbocycles. The lowest BCUT2D eigenvalue weighted by Crippen LogP contribution is -2.31. The van der Waals surface area contributed by atoms with Crippen molar-refractivity contribution >= 4 is 17.4 Å². The maximum absolute atomic E-state index is 11.5. The first kappa shape index (κ1) is 9.51. The highest BCUT2D eigenvalue weighted by Crippen LogP contribution is 2.42. The Bertz CT molecular complexity index is 190. The Kier molecular flexibility index (Phi) is 2.92. The predicted molar refractivity (Wildman–Crippen MR) is 53.9 cm³/mol. The zero-order valence-corrected chi connectivity index (χ0v) is 8.72. The fraction of sp³-hybridized carbons (Fsp3) is 0.909. The molecule has 2 aliphatic rings. The molecular formula is C11H17ClO. The van der Waals surface area contributed by atoms with Crippen molar-refractivity contribution in [1.29, 1.82) is 0 Å². The molecule has 0 heterocycles. The van der Waals surface area contributed by atoms with E-state index in [1.165, 1.54) is 25.7 Å². The molecule has 0 saturated heterocycles. The number of alkyl halides is 1. The van der Waals surface area contributed by atoms with Gasteiger partial charge in [0, 0.05) is 5.92 Å². The van der Waals surface area contributed by atoms with Gasteiger partial charge in [-0.15, -0.1) is 11.6 Å². The average molecular weight is 201 g/mol. The van der Waals surface area contributed by atoms with Crippen molar-refractivity contribution in [1.82, 2.24) is 0 Å². The van der Waals surface area contributed by atoms with Crippen LogP contribution in [0.15, 0.2) is 0 Å². The van der Waals surface area contributed by atoms with Gasteiger partial charge in [0.1, 0.15) is 0 Å². The number of Topliss-reactive ketones (excluding diaryl/α,β-unsaturated/α-hetero) is 1. The highest BCUT2D eigenvalue weighted by molar-refractivity contribution is 6.27. The van der Waals surface area contributed by atoms with E-state index in [2.05, 4.69) is 0 Å². The fourth-order valence-electron chi connectivity index (χ4n) is 3.10. The zero-order valence-electron chi connectivity index (χ0n) is 7.97. The molecule has 0 N–H and O–H groups in total. The molecule has 0 aliphatic heterocycles. The lowest BCUT2D eigenvalue weighted by molar-refractivity contribution is -0.122. The second-order valence-corrected chi connectivity index (χ2v) is 4.93. The first-order valence-electron chi connectivity index (χ1n) is 5.38. The van der Waals surface area contributed by atoms with Gasteiger partial charge >= 0.3 is 0 Å². The van der Waals surface area contributed by atoms with Crippen molar-refractivity contribution in [3.05, 3.63) is 0 Å². The number of carbonyl (C=O) groups is 1. The molecule has 2 rings (SSSR count). The van der Waals surface area contributed by atoms with E-state index in [9.17, 15) is 4.79 Å². The molecule has 0 spiro atoms. The van der Waals surface area contributed by atoms with Crippen LogP contribution >= 0.6 is 11.6 Å². The normalized spacial score (nSPS) is 38.7. The molecule has 0 amide bonds. The van der Waals surface area contributed by atoms with Crippen LogP contribution in [-0.2, 0) is 4.79 Å². The van der Waals surface area contributed by atoms with Crippen LogP contribution in [-0.4, -0.2) is 11.7 Å². The molecule has 0 aromatic heterocycles. The maximum atomic E-state index is 11.5. The summed E-state index contributed by atoms with van der Waals surface area (Å²) in [5.74, 6) is 2.50. The van der Waals surface area contributed by atoms with Gasteiger partial charge in [-0.3, -0.25) is 4.79 Å². The SMILES string of the molecule is O=C(CCl)C1CC2CCCC(C2)C1. The second kappa shape index (κ2) is 4.00. The Balaban J connectivity index is 1.97. The summed E-state index contributed by atoms with van der Waals surface area (Å²) in [4.78, 5) is 11.5. The van der Waals surface area contributed by atoms with Crippen LogP contribution in [0.2, 0.25) is 0 Å². The van der Waals surface area contributed by atoms with Gasteiger partial charge in [0.15, 0.2) is 5.78 Å². The highest BCUT2D eigenvalue weighted by atomic mass is 35.5. The van der Waals surface area contributed by atoms with Crippen molar-refractivity contribution in [2.24, 2.45) is 17.8 Å². The van der Waals surface area contributed by atoms with E-state index < -0.39 is 0 Å². The first-order chi connectivity index (χ1) is 6.29. The number of fused-ring (bicyclic) bond motifs is 2. The Morgan fingerprint density at radius 2 is 1.77 bits per heavy atom. The summed E-state index contributed by atoms with van der Waals surface area (Å²) in [6.45, 7) is 0. The lowest BCUT2D eigenvalue weighted by Gasteiger charge is -2.38. The van der Waals surface area contributed by atoms with Gasteiger partial charge in [-0.2, -0.15) is 0 Å². The van der Waals surface area contributed by atoms with Crippen molar-refractivity contribution in [2.75, 3.05) is 5.88 Å². The first-order valence-corrected chi connectivity index (χ1v) is 5.91. The molecule has 0 radical (unpaired) electrons. The van der Waals surface area contributed by atoms with Crippen LogP contribution in [0.5, 0.6) is 0 Å². The van der Waals surface area contributed by atoms with E-state index in [1.807, 2.05) is 0 Å². The Morgan fingerprint density at radius 3 is 2.31 bits per heavy atom. The summed E-state index contributed by atoms with van der Waals surface area (Å²) in [7, 11) is 0. The van der Waals surface area contributed by atoms with E-state index in [4.69, 9.17) is 11.6 Å². The Hall–Kier alpha value is -0.0400. The molecule has 2 atom stereocenters. The van der Waals surface area contributed by atoms with Gasteiger partial charge in [-0.05, 0) is 31.1 Å². The number of rotatable bonds is 2. The minimum Gasteiger partial charge on any atom is -0.298 e. The van der Waals surface area contributed by atoms with Gasteiger partial charge in [-0.1, -0.05) is 19.3 Å². The predicted octanol–water partition coefficient (Wildman–Crippen LogP) is 3.01. The van der Waals surface area contributed by atoms with Crippen LogP contribution < -0.4 is 0 Å². The van der Waals surface area contributed by atoms with Crippen LogP contribution in [0.25, 0.3) is 0 Å². The van der Waals surface area contributed by atoms with E-state index in [1.54, 1.807) is 0 Å². The number of halogens is 1. The summed E-state index contributed by atoms with van der Waals surface area (Å²) in [6, 6.07) is 0. The van der Waals surface area contributed by atoms with Crippen molar-refractivity contribution < 1.29 is 4.79 Å². The largest absolute Gasteiger partial charge is 0.298 e. The van der Waals surface area contributed by atoms with Crippen LogP contribution in [0.1, 0.15) is 38.5 Å². The lowest BCUT2D eigenvalue weighted by atomic mass is 9.67. The molecule has 2 unspecified atom stereocenters. The number of ketones is 1. The van der Waals surface area contributed by atoms with Gasteiger partial charge in [0.25, 0.3) is 0 Å². The molecule has 2 heteroatoms. The summed E-state index contributed by atoms with van der Waals surface area (Å²) in [5, 5.41) is 0. The molecule has 13 heavy (non-hydrogen) atoms. The topological polar surface area (TPSA) is 17.1 Å². The van der Waals surface area contributed by atoms with Crippen LogP contribution in [0.3, 0.4) is 0 Å². The molecule has 0 aromatic rings. The van der Waals surface area contributed by atoms with Crippen molar-refractivity contribution in [3.8, 4) is 0 Å². The Labute approximate surface area is 84.8 Å². The summed E-state index contributed by atoms with van der Waals surface area (Å²) in [6.07, 6.45) is 7.72. The van der Waals surface area contributed by atoms with Gasteiger partial charge in [-0.25, -0.2) is 0 Å². The third-order valence-electron chi connectivity index (χ3n) is 3.71. The summed E-state index contributed by atoms with van der Waals surface area (Å²) < 4.78 is 0. The molecule has 1 nitrogen and oxygen atoms in total. The van der Waals surface area contributed by atoms with Crippen molar-refractivity contribution in [2.45, 2.75) is 38.5 Å². The molecule has 2 saturated carbocycles. The van der Waals surface area contributed by atoms with Crippen LogP contribution in [0.4, 0.5) is 0 Å². The van der Waals surface area contributed by atoms with Gasteiger partial charge in [0.2, 0.25) is 0 Å². The average Bonchev–Trinajstić information content (AvgIpc) is 2.16. The molecule has 2 fully saturated rings. The molecule has 0 aromatic carbocycles. The van der Waals surface area contributed by atoms with E-state index in [0.717, 1.165) is 24.7 Å². The van der Waals surface area contributed by atoms with E-state index in [0.29, 0.717) is 11.7 Å². The second-order valence-electron chi connectivity index (χ2n) is 4.67. The van der Waals surface area contributed by atoms with E-state index in [-0.39, 0.29) is 5.88 Å². The highest BCUT2D eigenvalue weighted by Gasteiger charge is 2.34. The maximum Gasteiger partial charge on any atom is 0.150 e. The standard InChI is InChI=1S/C11H17ClO/c12-7-11(13)10-5-8-2-1-3-9(4-8)6-10/h8-10H,1-7H2. The zero-order chi connectivity index (χ0) is 9.26. The number of hydrogen-bond donors (Lipinski definition) is 0. The monoisotopic (exact) mass is 200 g/mol. The molecular weight excluding hydrogens is 184 g/mol. The Morgan fingerprint density at radius 1 is 1.15 bits per heavy atom. The van der Waals surface area contributed by atoms with Gasteiger partial charge < -0.3 is 0 Å². The number of hydrogen-bond acceptors (Lipinski definition) is 1. The van der Waals surface area contributed by atoms with Crippen molar-refractivity contribution in [3.63, 3.8) is 0 Å². The fourth-order valence-corrected chi connectivity index (χ4v) is 3.32. The minimum atomic E-state index is 0.226. The quantitative estimate of drug-likeness (QED) is 0.627. The van der Waals surface area contributed by atoms with Crippen LogP contribution in [0, 0.1) is 17.8 Å². The third-order valence-corrected chi connectivity index (χ3v) is 3.98. The summed E-state index contributed by atoms with van der Waals surface area (Å²) >= 11 is 5.59. The van der Waals surface area contributed by atoms with Gasteiger partial charge in [0.05, 0.1) is 5.88 Å². The van der Waals surface area contributed by atoms with E-state index >= 15 is 0 Å². The molecule has 74 valence electrons. The molecule has 2 bridgehead atoms. The smallest absolute Gasteiger partial charge is 0.150 e. The summed E-state index contributed by atoms with van der Waals surface area (Å²) in [5.41, 5.74) is 0. The minimum absolute atomic E-state index is 0.226. The third kappa shape index (κ3) is 2.07. The number of carbonyl (C=O) groups excluding carboxylic acids is 1.